The molecule has 0 radical (unpaired) electrons. The van der Waals surface area contributed by atoms with Gasteiger partial charge in [-0.15, -0.1) is 16.8 Å². The highest BCUT2D eigenvalue weighted by molar-refractivity contribution is 7.14. The van der Waals surface area contributed by atoms with Crippen LogP contribution in [0.15, 0.2) is 65.7 Å². The number of aromatic nitrogens is 3. The van der Waals surface area contributed by atoms with Crippen LogP contribution in [0.4, 0.5) is 9.52 Å². The maximum atomic E-state index is 13.2. The number of thiazole rings is 1. The van der Waals surface area contributed by atoms with E-state index in [0.717, 1.165) is 17.5 Å². The Kier molecular flexibility index (Phi) is 7.81. The number of amides is 1. The summed E-state index contributed by atoms with van der Waals surface area (Å²) in [6.07, 6.45) is 3.67. The van der Waals surface area contributed by atoms with Crippen molar-refractivity contribution in [1.29, 1.82) is 0 Å². The molecule has 0 atom stereocenters. The average Bonchev–Trinajstić information content (AvgIpc) is 3.49. The second-order valence-electron chi connectivity index (χ2n) is 7.14. The number of ether oxygens (including phenoxy) is 2. The lowest BCUT2D eigenvalue weighted by molar-refractivity contribution is 0.102. The first-order valence-corrected chi connectivity index (χ1v) is 11.4. The minimum atomic E-state index is -0.501. The molecule has 2 N–H and O–H groups in total. The van der Waals surface area contributed by atoms with E-state index < -0.39 is 11.0 Å². The number of hydrogen-bond donors (Lipinski definition) is 2. The number of nitrogens with zero attached hydrogens (tertiary/aromatic N) is 3. The quantitative estimate of drug-likeness (QED) is 0.223. The van der Waals surface area contributed by atoms with Gasteiger partial charge in [0.05, 0.1) is 19.4 Å². The third-order valence-corrected chi connectivity index (χ3v) is 5.26. The first-order valence-electron chi connectivity index (χ1n) is 10.6. The number of benzene rings is 2. The molecule has 0 aliphatic heterocycles. The van der Waals surface area contributed by atoms with Crippen molar-refractivity contribution in [3.63, 3.8) is 0 Å². The standard InChI is InChI=1S/C24H21FN4O5S/c1-2-3-10-32-18-11-16(22(31)27-24-26-14-20(25)35-24)12-19(13-18)33-17-6-4-15(5-7-17)23-29-28-21(34-23)8-9-30/h2,4-7,11-14,30H,1,3,8-10H2,(H,26,27,31). The summed E-state index contributed by atoms with van der Waals surface area (Å²) in [6, 6.07) is 11.7. The molecule has 4 aromatic rings. The maximum absolute atomic E-state index is 13.2. The van der Waals surface area contributed by atoms with Gasteiger partial charge in [0.25, 0.3) is 5.91 Å². The minimum Gasteiger partial charge on any atom is -0.493 e. The van der Waals surface area contributed by atoms with Crippen LogP contribution in [0, 0.1) is 5.13 Å². The molecule has 0 aliphatic rings. The number of aliphatic hydroxyl groups is 1. The topological polar surface area (TPSA) is 120 Å². The number of anilines is 1. The van der Waals surface area contributed by atoms with Crippen molar-refractivity contribution >= 4 is 22.4 Å². The summed E-state index contributed by atoms with van der Waals surface area (Å²) >= 11 is 0.729. The minimum absolute atomic E-state index is 0.0779. The highest BCUT2D eigenvalue weighted by Crippen LogP contribution is 2.30. The van der Waals surface area contributed by atoms with E-state index in [1.54, 1.807) is 48.5 Å². The van der Waals surface area contributed by atoms with Gasteiger partial charge in [-0.1, -0.05) is 17.4 Å². The van der Waals surface area contributed by atoms with E-state index >= 15 is 0 Å². The Morgan fingerprint density at radius 1 is 1.17 bits per heavy atom. The van der Waals surface area contributed by atoms with Crippen LogP contribution < -0.4 is 14.8 Å². The molecule has 9 nitrogen and oxygen atoms in total. The van der Waals surface area contributed by atoms with Crippen molar-refractivity contribution in [3.8, 4) is 28.7 Å². The fraction of sp³-hybridized carbons (Fsp3) is 0.167. The van der Waals surface area contributed by atoms with Crippen molar-refractivity contribution in [2.75, 3.05) is 18.5 Å². The van der Waals surface area contributed by atoms with Gasteiger partial charge < -0.3 is 19.0 Å². The van der Waals surface area contributed by atoms with E-state index in [-0.39, 0.29) is 23.7 Å². The monoisotopic (exact) mass is 496 g/mol. The molecule has 2 aromatic carbocycles. The molecule has 4 rings (SSSR count). The molecule has 0 bridgehead atoms. The van der Waals surface area contributed by atoms with Gasteiger partial charge in [-0.2, -0.15) is 4.39 Å². The Morgan fingerprint density at radius 3 is 2.69 bits per heavy atom. The molecule has 0 spiro atoms. The summed E-state index contributed by atoms with van der Waals surface area (Å²) in [6.45, 7) is 3.97. The summed E-state index contributed by atoms with van der Waals surface area (Å²) in [5.74, 6) is 1.49. The zero-order valence-corrected chi connectivity index (χ0v) is 19.3. The lowest BCUT2D eigenvalue weighted by Crippen LogP contribution is -2.12. The summed E-state index contributed by atoms with van der Waals surface area (Å²) in [7, 11) is 0. The van der Waals surface area contributed by atoms with Crippen LogP contribution in [0.25, 0.3) is 11.5 Å². The van der Waals surface area contributed by atoms with Crippen LogP contribution in [0.5, 0.6) is 17.2 Å². The number of halogens is 1. The van der Waals surface area contributed by atoms with E-state index in [2.05, 4.69) is 27.1 Å². The SMILES string of the molecule is C=CCCOc1cc(Oc2ccc(-c3nnc(CCO)o3)cc2)cc(C(=O)Nc2ncc(F)s2)c1. The number of hydrogen-bond acceptors (Lipinski definition) is 9. The van der Waals surface area contributed by atoms with Crippen LogP contribution >= 0.6 is 11.3 Å². The third-order valence-electron chi connectivity index (χ3n) is 4.56. The summed E-state index contributed by atoms with van der Waals surface area (Å²) < 4.78 is 30.4. The number of carbonyl (C=O) groups excluding carboxylic acids is 1. The average molecular weight is 497 g/mol. The van der Waals surface area contributed by atoms with E-state index in [9.17, 15) is 9.18 Å². The van der Waals surface area contributed by atoms with Crippen molar-refractivity contribution < 1.29 is 28.2 Å². The predicted octanol–water partition coefficient (Wildman–Crippen LogP) is 4.87. The highest BCUT2D eigenvalue weighted by Gasteiger charge is 2.14. The van der Waals surface area contributed by atoms with Crippen molar-refractivity contribution in [3.05, 3.63) is 77.9 Å². The van der Waals surface area contributed by atoms with Crippen molar-refractivity contribution in [2.24, 2.45) is 0 Å². The number of aliphatic hydroxyl groups excluding tert-OH is 1. The number of carbonyl (C=O) groups is 1. The molecule has 2 heterocycles. The maximum Gasteiger partial charge on any atom is 0.257 e. The lowest BCUT2D eigenvalue weighted by atomic mass is 10.2. The van der Waals surface area contributed by atoms with Crippen LogP contribution in [-0.2, 0) is 6.42 Å². The zero-order valence-electron chi connectivity index (χ0n) is 18.4. The molecule has 11 heteroatoms. The lowest BCUT2D eigenvalue weighted by Gasteiger charge is -2.12. The molecular formula is C24H21FN4O5S. The Hall–Kier alpha value is -4.09. The Labute approximate surface area is 203 Å². The van der Waals surface area contributed by atoms with Gasteiger partial charge in [0, 0.05) is 23.6 Å². The molecule has 0 aliphatic carbocycles. The van der Waals surface area contributed by atoms with Gasteiger partial charge in [-0.25, -0.2) is 4.98 Å². The molecule has 2 aromatic heterocycles. The fourth-order valence-electron chi connectivity index (χ4n) is 2.96. The molecule has 1 amide bonds. The van der Waals surface area contributed by atoms with Gasteiger partial charge in [0.2, 0.25) is 11.8 Å². The first-order chi connectivity index (χ1) is 17.0. The molecule has 0 saturated carbocycles. The summed E-state index contributed by atoms with van der Waals surface area (Å²) in [5.41, 5.74) is 0.942. The van der Waals surface area contributed by atoms with Gasteiger partial charge in [-0.05, 0) is 42.8 Å². The van der Waals surface area contributed by atoms with E-state index in [4.69, 9.17) is 19.0 Å². The molecule has 0 fully saturated rings. The van der Waals surface area contributed by atoms with E-state index in [1.165, 1.54) is 0 Å². The van der Waals surface area contributed by atoms with Crippen LogP contribution in [-0.4, -0.2) is 39.4 Å². The van der Waals surface area contributed by atoms with Crippen LogP contribution in [0.2, 0.25) is 0 Å². The van der Waals surface area contributed by atoms with E-state index in [0.29, 0.717) is 47.6 Å². The highest BCUT2D eigenvalue weighted by atomic mass is 32.1. The second-order valence-corrected chi connectivity index (χ2v) is 8.12. The normalized spacial score (nSPS) is 10.7. The molecular weight excluding hydrogens is 475 g/mol. The van der Waals surface area contributed by atoms with Crippen molar-refractivity contribution in [1.82, 2.24) is 15.2 Å². The largest absolute Gasteiger partial charge is 0.493 e. The Morgan fingerprint density at radius 2 is 1.97 bits per heavy atom. The zero-order chi connectivity index (χ0) is 24.6. The van der Waals surface area contributed by atoms with Crippen molar-refractivity contribution in [2.45, 2.75) is 12.8 Å². The Bertz CT molecular complexity index is 1310. The second kappa shape index (κ2) is 11.4. The summed E-state index contributed by atoms with van der Waals surface area (Å²) in [4.78, 5) is 16.5. The smallest absolute Gasteiger partial charge is 0.257 e. The Balaban J connectivity index is 1.52. The molecule has 35 heavy (non-hydrogen) atoms. The van der Waals surface area contributed by atoms with Crippen LogP contribution in [0.3, 0.4) is 0 Å². The van der Waals surface area contributed by atoms with Gasteiger partial charge in [0.15, 0.2) is 10.3 Å². The molecule has 180 valence electrons. The fourth-order valence-corrected chi connectivity index (χ4v) is 3.49. The van der Waals surface area contributed by atoms with E-state index in [1.807, 2.05) is 0 Å². The van der Waals surface area contributed by atoms with Gasteiger partial charge in [-0.3, -0.25) is 10.1 Å². The number of rotatable bonds is 11. The third kappa shape index (κ3) is 6.49. The van der Waals surface area contributed by atoms with Crippen LogP contribution in [0.1, 0.15) is 22.7 Å². The molecule has 0 unspecified atom stereocenters. The summed E-state index contributed by atoms with van der Waals surface area (Å²) in [5, 5.41) is 19.0. The first kappa shape index (κ1) is 24.0. The van der Waals surface area contributed by atoms with Gasteiger partial charge in [0.1, 0.15) is 17.2 Å². The molecule has 0 saturated heterocycles. The van der Waals surface area contributed by atoms with Gasteiger partial charge >= 0.3 is 0 Å². The predicted molar refractivity (Wildman–Crippen MR) is 127 cm³/mol. The number of nitrogens with one attached hydrogen (secondary N) is 1.